The number of allylic oxidation sites excluding steroid dienone is 1. The van der Waals surface area contributed by atoms with Gasteiger partial charge in [0.2, 0.25) is 11.6 Å². The van der Waals surface area contributed by atoms with E-state index in [9.17, 15) is 8.42 Å². The molecule has 4 rings (SSSR count). The molecule has 12 nitrogen and oxygen atoms in total. The van der Waals surface area contributed by atoms with Crippen molar-refractivity contribution in [3.63, 3.8) is 0 Å². The molecule has 0 atom stereocenters. The lowest BCUT2D eigenvalue weighted by atomic mass is 10.2. The first kappa shape index (κ1) is 28.3. The maximum absolute atomic E-state index is 13.4. The van der Waals surface area contributed by atoms with E-state index in [1.165, 1.54) is 32.7 Å². The highest BCUT2D eigenvalue weighted by Gasteiger charge is 2.26. The largest absolute Gasteiger partial charge is 0.493 e. The van der Waals surface area contributed by atoms with Crippen molar-refractivity contribution < 1.29 is 32.5 Å². The van der Waals surface area contributed by atoms with Crippen LogP contribution in [0.3, 0.4) is 0 Å². The summed E-state index contributed by atoms with van der Waals surface area (Å²) >= 11 is 0. The summed E-state index contributed by atoms with van der Waals surface area (Å²) in [6, 6.07) is 12.9. The van der Waals surface area contributed by atoms with E-state index in [-0.39, 0.29) is 53.1 Å². The Labute approximate surface area is 231 Å². The molecule has 13 heteroatoms. The van der Waals surface area contributed by atoms with E-state index in [1.54, 1.807) is 49.4 Å². The lowest BCUT2D eigenvalue weighted by Crippen LogP contribution is -2.17. The molecule has 3 aromatic heterocycles. The van der Waals surface area contributed by atoms with Crippen LogP contribution < -0.4 is 23.7 Å². The highest BCUT2D eigenvalue weighted by Crippen LogP contribution is 2.41. The van der Waals surface area contributed by atoms with Crippen LogP contribution in [-0.4, -0.2) is 60.9 Å². The van der Waals surface area contributed by atoms with Crippen molar-refractivity contribution in [1.82, 2.24) is 19.9 Å². The number of ether oxygens (including phenoxy) is 4. The standard InChI is InChI=1S/C27H27N5O7S/c1-17(2)19-9-10-23(29-16-19)40(34,35)32-26-24(39-21-8-6-5-7-20(21)36-3)27(37-4)31-25(30-26)18-11-12-28-22(15-18)38-14-13-33/h5-12,15-16,33H,1,13-14H2,2-4H3,(H,30,31,32). The van der Waals surface area contributed by atoms with Crippen LogP contribution in [0.5, 0.6) is 29.0 Å². The average Bonchev–Trinajstić information content (AvgIpc) is 2.97. The smallest absolute Gasteiger partial charge is 0.280 e. The van der Waals surface area contributed by atoms with Crippen LogP contribution in [0.25, 0.3) is 17.0 Å². The normalized spacial score (nSPS) is 11.0. The number of nitrogens with one attached hydrogen (secondary N) is 1. The van der Waals surface area contributed by atoms with Crippen molar-refractivity contribution in [2.24, 2.45) is 0 Å². The van der Waals surface area contributed by atoms with Gasteiger partial charge in [0.25, 0.3) is 15.9 Å². The zero-order valence-electron chi connectivity index (χ0n) is 22.0. The fourth-order valence-electron chi connectivity index (χ4n) is 3.42. The minimum atomic E-state index is -4.24. The zero-order valence-corrected chi connectivity index (χ0v) is 22.8. The number of aliphatic hydroxyl groups excluding tert-OH is 1. The second-order valence-electron chi connectivity index (χ2n) is 8.21. The third-order valence-electron chi connectivity index (χ3n) is 5.38. The van der Waals surface area contributed by atoms with Gasteiger partial charge < -0.3 is 24.1 Å². The Morgan fingerprint density at radius 2 is 1.80 bits per heavy atom. The molecule has 0 aliphatic carbocycles. The van der Waals surface area contributed by atoms with E-state index in [1.807, 2.05) is 0 Å². The average molecular weight is 566 g/mol. The van der Waals surface area contributed by atoms with E-state index in [4.69, 9.17) is 24.1 Å². The van der Waals surface area contributed by atoms with Crippen LogP contribution in [0.4, 0.5) is 5.82 Å². The molecular weight excluding hydrogens is 538 g/mol. The van der Waals surface area contributed by atoms with Crippen LogP contribution in [0, 0.1) is 0 Å². The van der Waals surface area contributed by atoms with Crippen LogP contribution in [0.1, 0.15) is 12.5 Å². The lowest BCUT2D eigenvalue weighted by Gasteiger charge is -2.17. The molecule has 0 amide bonds. The molecule has 2 N–H and O–H groups in total. The van der Waals surface area contributed by atoms with Gasteiger partial charge >= 0.3 is 0 Å². The maximum atomic E-state index is 13.4. The van der Waals surface area contributed by atoms with E-state index in [0.29, 0.717) is 16.9 Å². The molecule has 208 valence electrons. The summed E-state index contributed by atoms with van der Waals surface area (Å²) < 4.78 is 51.6. The summed E-state index contributed by atoms with van der Waals surface area (Å²) in [5.74, 6) is 0.578. The Balaban J connectivity index is 1.83. The first-order valence-corrected chi connectivity index (χ1v) is 13.4. The van der Waals surface area contributed by atoms with Gasteiger partial charge in [-0.25, -0.2) is 15.0 Å². The Morgan fingerprint density at radius 1 is 1.02 bits per heavy atom. The summed E-state index contributed by atoms with van der Waals surface area (Å²) in [5, 5.41) is 8.81. The van der Waals surface area contributed by atoms with E-state index < -0.39 is 10.0 Å². The molecule has 0 aliphatic heterocycles. The lowest BCUT2D eigenvalue weighted by molar-refractivity contribution is 0.197. The van der Waals surface area contributed by atoms with Crippen molar-refractivity contribution in [3.05, 3.63) is 73.1 Å². The number of hydrogen-bond acceptors (Lipinski definition) is 11. The number of sulfonamides is 1. The maximum Gasteiger partial charge on any atom is 0.280 e. The molecule has 0 spiro atoms. The number of nitrogens with zero attached hydrogens (tertiary/aromatic N) is 4. The van der Waals surface area contributed by atoms with Gasteiger partial charge in [-0.1, -0.05) is 24.8 Å². The monoisotopic (exact) mass is 565 g/mol. The van der Waals surface area contributed by atoms with E-state index in [0.717, 1.165) is 5.57 Å². The van der Waals surface area contributed by atoms with Gasteiger partial charge in [-0.3, -0.25) is 4.72 Å². The summed E-state index contributed by atoms with van der Waals surface area (Å²) in [6.07, 6.45) is 2.88. The molecule has 3 heterocycles. The van der Waals surface area contributed by atoms with E-state index >= 15 is 0 Å². The third kappa shape index (κ3) is 6.45. The Bertz CT molecular complexity index is 1610. The van der Waals surface area contributed by atoms with Gasteiger partial charge in [0.1, 0.15) is 6.61 Å². The molecule has 1 aromatic carbocycles. The van der Waals surface area contributed by atoms with Crippen molar-refractivity contribution in [2.75, 3.05) is 32.2 Å². The van der Waals surface area contributed by atoms with Crippen LogP contribution in [-0.2, 0) is 10.0 Å². The minimum Gasteiger partial charge on any atom is -0.493 e. The minimum absolute atomic E-state index is 0.0362. The first-order valence-electron chi connectivity index (χ1n) is 11.9. The molecule has 0 saturated carbocycles. The number of benzene rings is 1. The Kier molecular flexibility index (Phi) is 8.76. The molecule has 0 saturated heterocycles. The number of pyridine rings is 2. The Hall–Kier alpha value is -4.75. The molecular formula is C27H27N5O7S. The van der Waals surface area contributed by atoms with Gasteiger partial charge in [-0.15, -0.1) is 0 Å². The topological polar surface area (TPSA) is 155 Å². The number of aromatic nitrogens is 4. The number of hydrogen-bond donors (Lipinski definition) is 2. The highest BCUT2D eigenvalue weighted by atomic mass is 32.2. The molecule has 0 radical (unpaired) electrons. The van der Waals surface area contributed by atoms with E-state index in [2.05, 4.69) is 31.2 Å². The van der Waals surface area contributed by atoms with Crippen molar-refractivity contribution in [1.29, 1.82) is 0 Å². The number of para-hydroxylation sites is 2. The van der Waals surface area contributed by atoms with Gasteiger partial charge in [0.05, 0.1) is 20.8 Å². The number of methoxy groups -OCH3 is 2. The number of aliphatic hydroxyl groups is 1. The molecule has 4 aromatic rings. The summed E-state index contributed by atoms with van der Waals surface area (Å²) in [7, 11) is -1.41. The molecule has 0 fully saturated rings. The highest BCUT2D eigenvalue weighted by molar-refractivity contribution is 7.92. The number of rotatable bonds is 12. The van der Waals surface area contributed by atoms with Crippen LogP contribution in [0.2, 0.25) is 0 Å². The molecule has 0 aliphatic rings. The SMILES string of the molecule is C=C(C)c1ccc(S(=O)(=O)Nc2nc(-c3ccnc(OCCO)c3)nc(OC)c2Oc2ccccc2OC)nc1. The molecule has 40 heavy (non-hydrogen) atoms. The van der Waals surface area contributed by atoms with Gasteiger partial charge in [-0.05, 0) is 42.3 Å². The van der Waals surface area contributed by atoms with Crippen molar-refractivity contribution >= 4 is 21.4 Å². The molecule has 0 bridgehead atoms. The predicted molar refractivity (Wildman–Crippen MR) is 147 cm³/mol. The van der Waals surface area contributed by atoms with Crippen molar-refractivity contribution in [3.8, 4) is 40.4 Å². The third-order valence-corrected chi connectivity index (χ3v) is 6.63. The first-order chi connectivity index (χ1) is 19.2. The van der Waals surface area contributed by atoms with Crippen LogP contribution >= 0.6 is 0 Å². The fraction of sp³-hybridized carbons (Fsp3) is 0.185. The quantitative estimate of drug-likeness (QED) is 0.256. The van der Waals surface area contributed by atoms with Gasteiger partial charge in [-0.2, -0.15) is 13.4 Å². The molecule has 0 unspecified atom stereocenters. The summed E-state index contributed by atoms with van der Waals surface area (Å²) in [5.41, 5.74) is 1.87. The Morgan fingerprint density at radius 3 is 2.45 bits per heavy atom. The van der Waals surface area contributed by atoms with Gasteiger partial charge in [0.15, 0.2) is 28.2 Å². The fourth-order valence-corrected chi connectivity index (χ4v) is 4.36. The number of anilines is 1. The van der Waals surface area contributed by atoms with Gasteiger partial charge in [0, 0.05) is 24.0 Å². The second kappa shape index (κ2) is 12.4. The summed E-state index contributed by atoms with van der Waals surface area (Å²) in [6.45, 7) is 5.47. The summed E-state index contributed by atoms with van der Waals surface area (Å²) in [4.78, 5) is 17.1. The predicted octanol–water partition coefficient (Wildman–Crippen LogP) is 3.95. The zero-order chi connectivity index (χ0) is 28.7. The van der Waals surface area contributed by atoms with Crippen LogP contribution in [0.15, 0.2) is 72.5 Å². The van der Waals surface area contributed by atoms with Crippen molar-refractivity contribution in [2.45, 2.75) is 11.9 Å². The second-order valence-corrected chi connectivity index (χ2v) is 9.84.